The number of piperidine rings is 1. The van der Waals surface area contributed by atoms with Crippen LogP contribution in [0.3, 0.4) is 0 Å². The molecule has 8 heteroatoms. The molecule has 0 aromatic carbocycles. The molecule has 2 rings (SSSR count). The van der Waals surface area contributed by atoms with Crippen LogP contribution >= 0.6 is 0 Å². The lowest BCUT2D eigenvalue weighted by molar-refractivity contribution is -0.160. The number of hydrogen-bond donors (Lipinski definition) is 2. The molecule has 0 saturated carbocycles. The van der Waals surface area contributed by atoms with E-state index in [-0.39, 0.29) is 30.6 Å². The summed E-state index contributed by atoms with van der Waals surface area (Å²) in [6.07, 6.45) is -2.32. The average molecular weight is 276 g/mol. The third kappa shape index (κ3) is 3.46. The van der Waals surface area contributed by atoms with Gasteiger partial charge in [0.1, 0.15) is 11.7 Å². The molecule has 1 aromatic heterocycles. The largest absolute Gasteiger partial charge is 0.403 e. The van der Waals surface area contributed by atoms with Crippen LogP contribution < -0.4 is 10.6 Å². The van der Waals surface area contributed by atoms with Gasteiger partial charge in [0, 0.05) is 25.8 Å². The van der Waals surface area contributed by atoms with Crippen molar-refractivity contribution in [1.29, 1.82) is 0 Å². The molecule has 2 N–H and O–H groups in total. The zero-order valence-corrected chi connectivity index (χ0v) is 10.4. The molecule has 2 heterocycles. The van der Waals surface area contributed by atoms with Gasteiger partial charge in [0.15, 0.2) is 0 Å². The smallest absolute Gasteiger partial charge is 0.347 e. The van der Waals surface area contributed by atoms with Crippen LogP contribution in [-0.4, -0.2) is 40.5 Å². The summed E-state index contributed by atoms with van der Waals surface area (Å²) >= 11 is 0. The molecule has 1 aliphatic heterocycles. The van der Waals surface area contributed by atoms with Gasteiger partial charge >= 0.3 is 6.18 Å². The fourth-order valence-electron chi connectivity index (χ4n) is 2.05. The lowest BCUT2D eigenvalue weighted by atomic mass is 10.0. The lowest BCUT2D eigenvalue weighted by Gasteiger charge is -2.31. The van der Waals surface area contributed by atoms with Gasteiger partial charge in [0.25, 0.3) is 5.91 Å². The monoisotopic (exact) mass is 276 g/mol. The van der Waals surface area contributed by atoms with Crippen molar-refractivity contribution in [3.8, 4) is 0 Å². The molecule has 0 bridgehead atoms. The van der Waals surface area contributed by atoms with Crippen molar-refractivity contribution < 1.29 is 18.0 Å². The van der Waals surface area contributed by atoms with Gasteiger partial charge in [-0.05, 0) is 18.9 Å². The molecule has 0 spiro atoms. The van der Waals surface area contributed by atoms with Gasteiger partial charge in [-0.2, -0.15) is 18.3 Å². The van der Waals surface area contributed by atoms with E-state index in [1.165, 1.54) is 4.68 Å². The highest BCUT2D eigenvalue weighted by molar-refractivity contribution is 5.92. The lowest BCUT2D eigenvalue weighted by Crippen LogP contribution is -2.54. The molecule has 2 unspecified atom stereocenters. The number of aryl methyl sites for hydroxylation is 1. The first-order valence-electron chi connectivity index (χ1n) is 5.97. The molecule has 0 radical (unpaired) electrons. The van der Waals surface area contributed by atoms with Crippen molar-refractivity contribution in [2.45, 2.75) is 31.1 Å². The summed E-state index contributed by atoms with van der Waals surface area (Å²) in [4.78, 5) is 11.8. The SMILES string of the molecule is Cn1ccc(C(=O)NC2CCC(C(F)(F)F)NC2)n1. The molecule has 106 valence electrons. The number of nitrogens with one attached hydrogen (secondary N) is 2. The van der Waals surface area contributed by atoms with Crippen molar-refractivity contribution in [3.63, 3.8) is 0 Å². The summed E-state index contributed by atoms with van der Waals surface area (Å²) in [5, 5.41) is 9.02. The maximum Gasteiger partial charge on any atom is 0.403 e. The third-order valence-corrected chi connectivity index (χ3v) is 3.09. The van der Waals surface area contributed by atoms with Gasteiger partial charge in [0.2, 0.25) is 0 Å². The second-order valence-electron chi connectivity index (χ2n) is 4.62. The fraction of sp³-hybridized carbons (Fsp3) is 0.636. The van der Waals surface area contributed by atoms with Crippen LogP contribution in [0.1, 0.15) is 23.3 Å². The maximum atomic E-state index is 12.4. The minimum atomic E-state index is -4.23. The summed E-state index contributed by atoms with van der Waals surface area (Å²) in [7, 11) is 1.69. The predicted molar refractivity (Wildman–Crippen MR) is 61.5 cm³/mol. The Balaban J connectivity index is 1.84. The van der Waals surface area contributed by atoms with Gasteiger partial charge in [0.05, 0.1) is 0 Å². The zero-order valence-electron chi connectivity index (χ0n) is 10.4. The van der Waals surface area contributed by atoms with Crippen molar-refractivity contribution >= 4 is 5.91 Å². The van der Waals surface area contributed by atoms with Crippen molar-refractivity contribution in [2.24, 2.45) is 7.05 Å². The fourth-order valence-corrected chi connectivity index (χ4v) is 2.05. The van der Waals surface area contributed by atoms with E-state index in [4.69, 9.17) is 0 Å². The van der Waals surface area contributed by atoms with E-state index >= 15 is 0 Å². The van der Waals surface area contributed by atoms with Crippen molar-refractivity contribution in [3.05, 3.63) is 18.0 Å². The summed E-state index contributed by atoms with van der Waals surface area (Å²) in [6, 6.07) is -0.215. The van der Waals surface area contributed by atoms with Gasteiger partial charge < -0.3 is 10.6 Å². The Morgan fingerprint density at radius 2 is 2.26 bits per heavy atom. The number of halogens is 3. The van der Waals surface area contributed by atoms with E-state index < -0.39 is 12.2 Å². The highest BCUT2D eigenvalue weighted by atomic mass is 19.4. The molecular weight excluding hydrogens is 261 g/mol. The standard InChI is InChI=1S/C11H15F3N4O/c1-18-5-4-8(17-18)10(19)16-7-2-3-9(15-6-7)11(12,13)14/h4-5,7,9,15H,2-3,6H2,1H3,(H,16,19). The zero-order chi connectivity index (χ0) is 14.0. The van der Waals surface area contributed by atoms with Crippen LogP contribution in [0.4, 0.5) is 13.2 Å². The number of hydrogen-bond acceptors (Lipinski definition) is 3. The minimum absolute atomic E-state index is 0.0311. The Morgan fingerprint density at radius 1 is 1.53 bits per heavy atom. The average Bonchev–Trinajstić information content (AvgIpc) is 2.75. The Hall–Kier alpha value is -1.57. The summed E-state index contributed by atoms with van der Waals surface area (Å²) < 4.78 is 38.8. The Morgan fingerprint density at radius 3 is 2.74 bits per heavy atom. The molecule has 19 heavy (non-hydrogen) atoms. The molecule has 1 fully saturated rings. The van der Waals surface area contributed by atoms with Crippen molar-refractivity contribution in [1.82, 2.24) is 20.4 Å². The number of rotatable bonds is 2. The highest BCUT2D eigenvalue weighted by Gasteiger charge is 2.41. The van der Waals surface area contributed by atoms with Crippen LogP contribution in [-0.2, 0) is 7.05 Å². The van der Waals surface area contributed by atoms with Crippen molar-refractivity contribution in [2.75, 3.05) is 6.54 Å². The molecule has 0 aliphatic carbocycles. The van der Waals surface area contributed by atoms with E-state index in [0.29, 0.717) is 6.42 Å². The van der Waals surface area contributed by atoms with Crippen LogP contribution in [0, 0.1) is 0 Å². The highest BCUT2D eigenvalue weighted by Crippen LogP contribution is 2.26. The van der Waals surface area contributed by atoms with Gasteiger partial charge in [-0.25, -0.2) is 0 Å². The Labute approximate surface area is 108 Å². The Kier molecular flexibility index (Phi) is 3.79. The molecule has 1 saturated heterocycles. The Bertz CT molecular complexity index is 449. The van der Waals surface area contributed by atoms with Crippen LogP contribution in [0.2, 0.25) is 0 Å². The van der Waals surface area contributed by atoms with E-state index in [1.54, 1.807) is 19.3 Å². The molecular formula is C11H15F3N4O. The van der Waals surface area contributed by atoms with Crippen LogP contribution in [0.25, 0.3) is 0 Å². The molecule has 1 aromatic rings. The van der Waals surface area contributed by atoms with Gasteiger partial charge in [-0.15, -0.1) is 0 Å². The summed E-state index contributed by atoms with van der Waals surface area (Å²) in [5.74, 6) is -0.363. The first kappa shape index (κ1) is 13.9. The molecule has 2 atom stereocenters. The van der Waals surface area contributed by atoms with E-state index in [9.17, 15) is 18.0 Å². The van der Waals surface area contributed by atoms with E-state index in [1.807, 2.05) is 0 Å². The minimum Gasteiger partial charge on any atom is -0.347 e. The second kappa shape index (κ2) is 5.20. The first-order chi connectivity index (χ1) is 8.86. The van der Waals surface area contributed by atoms with Crippen LogP contribution in [0.5, 0.6) is 0 Å². The van der Waals surface area contributed by atoms with Gasteiger partial charge in [-0.1, -0.05) is 0 Å². The number of carbonyl (C=O) groups is 1. The second-order valence-corrected chi connectivity index (χ2v) is 4.62. The molecule has 1 amide bonds. The topological polar surface area (TPSA) is 59.0 Å². The number of aromatic nitrogens is 2. The first-order valence-corrected chi connectivity index (χ1v) is 5.97. The third-order valence-electron chi connectivity index (χ3n) is 3.09. The number of nitrogens with zero attached hydrogens (tertiary/aromatic N) is 2. The molecule has 1 aliphatic rings. The van der Waals surface area contributed by atoms with E-state index in [0.717, 1.165) is 0 Å². The number of alkyl halides is 3. The quantitative estimate of drug-likeness (QED) is 0.841. The maximum absolute atomic E-state index is 12.4. The van der Waals surface area contributed by atoms with Crippen LogP contribution in [0.15, 0.2) is 12.3 Å². The normalized spacial score (nSPS) is 24.2. The summed E-state index contributed by atoms with van der Waals surface area (Å²) in [5.41, 5.74) is 0.264. The summed E-state index contributed by atoms with van der Waals surface area (Å²) in [6.45, 7) is 0.114. The van der Waals surface area contributed by atoms with E-state index in [2.05, 4.69) is 15.7 Å². The predicted octanol–water partition coefficient (Wildman–Crippen LogP) is 0.833. The number of carbonyl (C=O) groups excluding carboxylic acids is 1. The van der Waals surface area contributed by atoms with Gasteiger partial charge in [-0.3, -0.25) is 9.48 Å². The molecule has 5 nitrogen and oxygen atoms in total. The number of amides is 1.